The number of benzene rings is 1. The van der Waals surface area contributed by atoms with E-state index >= 15 is 0 Å². The maximum Gasteiger partial charge on any atom is 0.247 e. The maximum atomic E-state index is 12.8. The molecule has 0 saturated carbocycles. The Balaban J connectivity index is 1.82. The molecule has 1 N–H and O–H groups in total. The molecule has 6 heteroatoms. The zero-order chi connectivity index (χ0) is 16.9. The van der Waals surface area contributed by atoms with E-state index in [1.54, 1.807) is 19.3 Å². The average Bonchev–Trinajstić information content (AvgIpc) is 3.20. The number of carbonyl (C=O) groups is 1. The number of aryl methyl sites for hydroxylation is 1. The topological polar surface area (TPSA) is 71.5 Å². The Morgan fingerprint density at radius 2 is 2.04 bits per heavy atom. The van der Waals surface area contributed by atoms with Gasteiger partial charge in [0.2, 0.25) is 5.91 Å². The molecule has 1 amide bonds. The molecule has 24 heavy (non-hydrogen) atoms. The Hall–Kier alpha value is -2.86. The summed E-state index contributed by atoms with van der Waals surface area (Å²) in [5, 5.41) is 6.63. The Bertz CT molecular complexity index is 781. The molecule has 3 rings (SSSR count). The van der Waals surface area contributed by atoms with Crippen molar-refractivity contribution in [2.45, 2.75) is 19.5 Å². The second-order valence-electron chi connectivity index (χ2n) is 5.62. The molecule has 2 aromatic heterocycles. The van der Waals surface area contributed by atoms with Crippen molar-refractivity contribution in [1.82, 2.24) is 10.1 Å². The van der Waals surface area contributed by atoms with Crippen LogP contribution in [0.5, 0.6) is 0 Å². The lowest BCUT2D eigenvalue weighted by molar-refractivity contribution is -0.121. The molecule has 0 aliphatic rings. The Kier molecular flexibility index (Phi) is 4.77. The highest BCUT2D eigenvalue weighted by molar-refractivity contribution is 5.94. The molecule has 1 aromatic carbocycles. The monoisotopic (exact) mass is 325 g/mol. The molecule has 0 fully saturated rings. The molecule has 124 valence electrons. The van der Waals surface area contributed by atoms with E-state index in [-0.39, 0.29) is 5.91 Å². The molecule has 1 unspecified atom stereocenters. The minimum Gasteiger partial charge on any atom is -0.468 e. The lowest BCUT2D eigenvalue weighted by atomic mass is 10.0. The molecule has 0 spiro atoms. The molecule has 2 heterocycles. The van der Waals surface area contributed by atoms with Crippen molar-refractivity contribution >= 4 is 11.7 Å². The summed E-state index contributed by atoms with van der Waals surface area (Å²) < 4.78 is 10.4. The predicted octanol–water partition coefficient (Wildman–Crippen LogP) is 3.39. The van der Waals surface area contributed by atoms with E-state index in [9.17, 15) is 4.79 Å². The summed E-state index contributed by atoms with van der Waals surface area (Å²) in [4.78, 5) is 14.8. The third-order valence-corrected chi connectivity index (χ3v) is 3.67. The Morgan fingerprint density at radius 1 is 1.25 bits per heavy atom. The van der Waals surface area contributed by atoms with Gasteiger partial charge in [0, 0.05) is 6.07 Å². The van der Waals surface area contributed by atoms with Gasteiger partial charge in [-0.15, -0.1) is 0 Å². The first-order valence-corrected chi connectivity index (χ1v) is 7.65. The van der Waals surface area contributed by atoms with Crippen molar-refractivity contribution in [3.05, 3.63) is 71.9 Å². The van der Waals surface area contributed by atoms with E-state index in [1.165, 1.54) is 0 Å². The van der Waals surface area contributed by atoms with Crippen LogP contribution in [0.1, 0.15) is 23.1 Å². The van der Waals surface area contributed by atoms with Gasteiger partial charge >= 0.3 is 0 Å². The summed E-state index contributed by atoms with van der Waals surface area (Å²) in [6, 6.07) is 14.5. The van der Waals surface area contributed by atoms with Gasteiger partial charge in [0.25, 0.3) is 0 Å². The van der Waals surface area contributed by atoms with Crippen LogP contribution in [-0.2, 0) is 11.3 Å². The summed E-state index contributed by atoms with van der Waals surface area (Å²) in [7, 11) is 1.88. The highest BCUT2D eigenvalue weighted by atomic mass is 16.5. The zero-order valence-electron chi connectivity index (χ0n) is 13.6. The summed E-state index contributed by atoms with van der Waals surface area (Å²) in [6.45, 7) is 2.29. The normalized spacial score (nSPS) is 12.3. The van der Waals surface area contributed by atoms with Crippen LogP contribution in [0, 0.1) is 6.92 Å². The van der Waals surface area contributed by atoms with Crippen molar-refractivity contribution in [2.24, 2.45) is 0 Å². The SMILES string of the molecule is Cc1cc(NC(=O)C(c2ccccc2)N(C)Cc2ccco2)no1. The maximum absolute atomic E-state index is 12.8. The molecule has 0 saturated heterocycles. The molecule has 0 bridgehead atoms. The second kappa shape index (κ2) is 7.14. The number of amides is 1. The molecule has 0 aliphatic heterocycles. The van der Waals surface area contributed by atoms with Gasteiger partial charge in [0.1, 0.15) is 17.6 Å². The number of nitrogens with one attached hydrogen (secondary N) is 1. The third kappa shape index (κ3) is 3.72. The quantitative estimate of drug-likeness (QED) is 0.752. The smallest absolute Gasteiger partial charge is 0.247 e. The number of hydrogen-bond acceptors (Lipinski definition) is 5. The molecule has 6 nitrogen and oxygen atoms in total. The van der Waals surface area contributed by atoms with Gasteiger partial charge < -0.3 is 14.3 Å². The van der Waals surface area contributed by atoms with Crippen LogP contribution >= 0.6 is 0 Å². The van der Waals surface area contributed by atoms with Gasteiger partial charge in [-0.1, -0.05) is 35.5 Å². The van der Waals surface area contributed by atoms with Gasteiger partial charge in [0.15, 0.2) is 5.82 Å². The van der Waals surface area contributed by atoms with E-state index in [0.29, 0.717) is 18.1 Å². The Morgan fingerprint density at radius 3 is 2.67 bits per heavy atom. The van der Waals surface area contributed by atoms with Crippen LogP contribution in [0.4, 0.5) is 5.82 Å². The van der Waals surface area contributed by atoms with Crippen LogP contribution in [0.3, 0.4) is 0 Å². The van der Waals surface area contributed by atoms with Gasteiger partial charge in [-0.2, -0.15) is 0 Å². The number of hydrogen-bond donors (Lipinski definition) is 1. The van der Waals surface area contributed by atoms with Crippen molar-refractivity contribution in [3.8, 4) is 0 Å². The number of anilines is 1. The van der Waals surface area contributed by atoms with Crippen LogP contribution in [0.2, 0.25) is 0 Å². The molecular weight excluding hydrogens is 306 g/mol. The molecule has 3 aromatic rings. The number of nitrogens with zero attached hydrogens (tertiary/aromatic N) is 2. The first-order valence-electron chi connectivity index (χ1n) is 7.65. The third-order valence-electron chi connectivity index (χ3n) is 3.67. The van der Waals surface area contributed by atoms with Gasteiger partial charge in [-0.3, -0.25) is 9.69 Å². The van der Waals surface area contributed by atoms with E-state index in [0.717, 1.165) is 11.3 Å². The van der Waals surface area contributed by atoms with E-state index < -0.39 is 6.04 Å². The molecule has 1 atom stereocenters. The van der Waals surface area contributed by atoms with E-state index in [4.69, 9.17) is 8.94 Å². The van der Waals surface area contributed by atoms with Gasteiger partial charge in [0.05, 0.1) is 12.8 Å². The van der Waals surface area contributed by atoms with Crippen molar-refractivity contribution in [3.63, 3.8) is 0 Å². The average molecular weight is 325 g/mol. The zero-order valence-corrected chi connectivity index (χ0v) is 13.6. The number of rotatable bonds is 6. The summed E-state index contributed by atoms with van der Waals surface area (Å²) in [5.74, 6) is 1.67. The Labute approximate surface area is 140 Å². The lowest BCUT2D eigenvalue weighted by Gasteiger charge is -2.26. The fourth-order valence-electron chi connectivity index (χ4n) is 2.60. The minimum absolute atomic E-state index is 0.177. The highest BCUT2D eigenvalue weighted by Gasteiger charge is 2.26. The van der Waals surface area contributed by atoms with Crippen molar-refractivity contribution in [1.29, 1.82) is 0 Å². The fraction of sp³-hybridized carbons (Fsp3) is 0.222. The van der Waals surface area contributed by atoms with Crippen LogP contribution in [-0.4, -0.2) is 23.0 Å². The summed E-state index contributed by atoms with van der Waals surface area (Å²) in [6.07, 6.45) is 1.62. The van der Waals surface area contributed by atoms with E-state index in [2.05, 4.69) is 10.5 Å². The molecule has 0 aliphatic carbocycles. The van der Waals surface area contributed by atoms with Crippen LogP contribution in [0.15, 0.2) is 63.7 Å². The summed E-state index contributed by atoms with van der Waals surface area (Å²) >= 11 is 0. The summed E-state index contributed by atoms with van der Waals surface area (Å²) in [5.41, 5.74) is 0.893. The van der Waals surface area contributed by atoms with Gasteiger partial charge in [-0.25, -0.2) is 0 Å². The van der Waals surface area contributed by atoms with Crippen LogP contribution in [0.25, 0.3) is 0 Å². The number of likely N-dealkylation sites (N-methyl/N-ethyl adjacent to an activating group) is 1. The first-order chi connectivity index (χ1) is 11.6. The number of furan rings is 1. The second-order valence-corrected chi connectivity index (χ2v) is 5.62. The van der Waals surface area contributed by atoms with Crippen molar-refractivity contribution in [2.75, 3.05) is 12.4 Å². The standard InChI is InChI=1S/C18H19N3O3/c1-13-11-16(20-24-13)19-18(22)17(14-7-4-3-5-8-14)21(2)12-15-9-6-10-23-15/h3-11,17H,12H2,1-2H3,(H,19,20,22). The van der Waals surface area contributed by atoms with E-state index in [1.807, 2.05) is 54.4 Å². The number of carbonyl (C=O) groups excluding carboxylic acids is 1. The fourth-order valence-corrected chi connectivity index (χ4v) is 2.60. The number of aromatic nitrogens is 1. The molecule has 0 radical (unpaired) electrons. The predicted molar refractivity (Wildman–Crippen MR) is 89.2 cm³/mol. The lowest BCUT2D eigenvalue weighted by Crippen LogP contribution is -2.34. The van der Waals surface area contributed by atoms with Crippen molar-refractivity contribution < 1.29 is 13.7 Å². The highest BCUT2D eigenvalue weighted by Crippen LogP contribution is 2.23. The largest absolute Gasteiger partial charge is 0.468 e. The van der Waals surface area contributed by atoms with Gasteiger partial charge in [-0.05, 0) is 31.7 Å². The minimum atomic E-state index is -0.478. The first kappa shape index (κ1) is 16.0. The molecular formula is C18H19N3O3. The van der Waals surface area contributed by atoms with Crippen LogP contribution < -0.4 is 5.32 Å².